The van der Waals surface area contributed by atoms with Gasteiger partial charge < -0.3 is 15.7 Å². The van der Waals surface area contributed by atoms with Gasteiger partial charge in [-0.15, -0.1) is 0 Å². The van der Waals surface area contributed by atoms with Gasteiger partial charge in [0.15, 0.2) is 0 Å². The topological polar surface area (TPSA) is 96.5 Å². The van der Waals surface area contributed by atoms with Gasteiger partial charge in [0, 0.05) is 25.2 Å². The Morgan fingerprint density at radius 3 is 2.81 bits per heavy atom. The number of aromatic nitrogens is 1. The summed E-state index contributed by atoms with van der Waals surface area (Å²) in [6, 6.07) is 1.88. The Kier molecular flexibility index (Phi) is 4.45. The van der Waals surface area contributed by atoms with Crippen LogP contribution in [0, 0.1) is 19.8 Å². The normalized spacial score (nSPS) is 18.0. The maximum atomic E-state index is 11.7. The fourth-order valence-corrected chi connectivity index (χ4v) is 2.98. The van der Waals surface area contributed by atoms with Crippen LogP contribution in [0.2, 0.25) is 0 Å². The molecule has 114 valence electrons. The predicted octanol–water partition coefficient (Wildman–Crippen LogP) is 1.49. The number of nitrogens with two attached hydrogens (primary N) is 1. The fraction of sp³-hybridized carbons (Fsp3) is 0.533. The number of hydrogen-bond donors (Lipinski definition) is 2. The average Bonchev–Trinajstić information content (AvgIpc) is 2.83. The van der Waals surface area contributed by atoms with Crippen LogP contribution in [-0.4, -0.2) is 35.1 Å². The Morgan fingerprint density at radius 1 is 1.48 bits per heavy atom. The number of carbonyl (C=O) groups excluding carboxylic acids is 1. The monoisotopic (exact) mass is 291 g/mol. The van der Waals surface area contributed by atoms with Crippen molar-refractivity contribution in [2.24, 2.45) is 11.7 Å². The van der Waals surface area contributed by atoms with Crippen LogP contribution < -0.4 is 10.6 Å². The van der Waals surface area contributed by atoms with E-state index in [-0.39, 0.29) is 6.42 Å². The third kappa shape index (κ3) is 3.51. The number of pyridine rings is 1. The molecule has 0 spiro atoms. The summed E-state index contributed by atoms with van der Waals surface area (Å²) >= 11 is 0. The highest BCUT2D eigenvalue weighted by Crippen LogP contribution is 2.30. The molecule has 1 aromatic heterocycles. The van der Waals surface area contributed by atoms with Gasteiger partial charge in [-0.1, -0.05) is 0 Å². The van der Waals surface area contributed by atoms with E-state index in [1.165, 1.54) is 0 Å². The minimum atomic E-state index is -0.762. The highest BCUT2D eigenvalue weighted by atomic mass is 16.4. The molecule has 1 aliphatic heterocycles. The summed E-state index contributed by atoms with van der Waals surface area (Å²) in [6.07, 6.45) is 1.79. The van der Waals surface area contributed by atoms with Gasteiger partial charge in [-0.25, -0.2) is 0 Å². The minimum absolute atomic E-state index is 0.190. The van der Waals surface area contributed by atoms with E-state index in [4.69, 9.17) is 10.8 Å². The Hall–Kier alpha value is -2.11. The van der Waals surface area contributed by atoms with Crippen molar-refractivity contribution in [3.63, 3.8) is 0 Å². The third-order valence-electron chi connectivity index (χ3n) is 3.95. The first-order valence-corrected chi connectivity index (χ1v) is 7.13. The van der Waals surface area contributed by atoms with Crippen molar-refractivity contribution in [1.29, 1.82) is 0 Å². The van der Waals surface area contributed by atoms with Gasteiger partial charge in [0.05, 0.1) is 16.9 Å². The van der Waals surface area contributed by atoms with Crippen LogP contribution in [0.5, 0.6) is 0 Å². The Morgan fingerprint density at radius 2 is 2.19 bits per heavy atom. The highest BCUT2D eigenvalue weighted by Gasteiger charge is 2.27. The lowest BCUT2D eigenvalue weighted by atomic mass is 10.0. The van der Waals surface area contributed by atoms with Crippen molar-refractivity contribution in [3.8, 4) is 0 Å². The van der Waals surface area contributed by atoms with E-state index < -0.39 is 11.9 Å². The lowest BCUT2D eigenvalue weighted by Crippen LogP contribution is -2.25. The number of primary amides is 1. The number of amides is 1. The van der Waals surface area contributed by atoms with Crippen LogP contribution in [-0.2, 0) is 4.79 Å². The molecule has 21 heavy (non-hydrogen) atoms. The second-order valence-electron chi connectivity index (χ2n) is 5.64. The highest BCUT2D eigenvalue weighted by molar-refractivity contribution is 5.99. The van der Waals surface area contributed by atoms with E-state index in [1.807, 2.05) is 13.0 Å². The lowest BCUT2D eigenvalue weighted by molar-refractivity contribution is -0.137. The van der Waals surface area contributed by atoms with Crippen molar-refractivity contribution in [3.05, 3.63) is 23.0 Å². The van der Waals surface area contributed by atoms with Gasteiger partial charge in [0.2, 0.25) is 0 Å². The number of hydrogen-bond acceptors (Lipinski definition) is 4. The van der Waals surface area contributed by atoms with Gasteiger partial charge in [-0.05, 0) is 38.7 Å². The molecule has 1 unspecified atom stereocenters. The van der Waals surface area contributed by atoms with E-state index in [0.717, 1.165) is 30.9 Å². The lowest BCUT2D eigenvalue weighted by Gasteiger charge is -2.22. The Labute approximate surface area is 124 Å². The second-order valence-corrected chi connectivity index (χ2v) is 5.64. The van der Waals surface area contributed by atoms with E-state index >= 15 is 0 Å². The minimum Gasteiger partial charge on any atom is -0.481 e. The smallest absolute Gasteiger partial charge is 0.303 e. The van der Waals surface area contributed by atoms with Crippen molar-refractivity contribution in [2.75, 3.05) is 18.0 Å². The summed E-state index contributed by atoms with van der Waals surface area (Å²) in [5.41, 5.74) is 8.27. The molecular formula is C15H21N3O3. The predicted molar refractivity (Wildman–Crippen MR) is 79.4 cm³/mol. The molecule has 0 aromatic carbocycles. The first-order valence-electron chi connectivity index (χ1n) is 7.13. The number of aryl methyl sites for hydroxylation is 2. The molecule has 1 fully saturated rings. The second kappa shape index (κ2) is 6.11. The van der Waals surface area contributed by atoms with Gasteiger partial charge in [0.1, 0.15) is 0 Å². The number of carboxylic acid groups (broad SMARTS) is 1. The van der Waals surface area contributed by atoms with E-state index in [1.54, 1.807) is 6.92 Å². The first kappa shape index (κ1) is 15.3. The maximum Gasteiger partial charge on any atom is 0.303 e. The quantitative estimate of drug-likeness (QED) is 0.856. The maximum absolute atomic E-state index is 11.7. The van der Waals surface area contributed by atoms with Gasteiger partial charge in [0.25, 0.3) is 5.91 Å². The molecule has 6 heteroatoms. The molecular weight excluding hydrogens is 270 g/mol. The molecule has 2 heterocycles. The van der Waals surface area contributed by atoms with Crippen LogP contribution in [0.3, 0.4) is 0 Å². The Balaban J connectivity index is 2.19. The Bertz CT molecular complexity index is 572. The molecule has 1 aromatic rings. The zero-order valence-electron chi connectivity index (χ0n) is 12.4. The van der Waals surface area contributed by atoms with Crippen LogP contribution in [0.25, 0.3) is 0 Å². The van der Waals surface area contributed by atoms with E-state index in [9.17, 15) is 9.59 Å². The molecule has 0 saturated carbocycles. The average molecular weight is 291 g/mol. The standard InChI is InChI=1S/C15H21N3O3/c1-9-7-12(14(15(16)21)10(2)17-9)18-6-5-11(8-18)3-4-13(19)20/h7,11H,3-6,8H2,1-2H3,(H2,16,21)(H,19,20). The molecule has 6 nitrogen and oxygen atoms in total. The number of carbonyl (C=O) groups is 2. The van der Waals surface area contributed by atoms with Crippen LogP contribution in [0.1, 0.15) is 41.0 Å². The number of anilines is 1. The van der Waals surface area contributed by atoms with E-state index in [2.05, 4.69) is 9.88 Å². The third-order valence-corrected chi connectivity index (χ3v) is 3.95. The van der Waals surface area contributed by atoms with Crippen molar-refractivity contribution >= 4 is 17.6 Å². The molecule has 2 rings (SSSR count). The molecule has 1 saturated heterocycles. The summed E-state index contributed by atoms with van der Waals surface area (Å²) in [5, 5.41) is 8.76. The van der Waals surface area contributed by atoms with Gasteiger partial charge in [-0.2, -0.15) is 0 Å². The van der Waals surface area contributed by atoms with Gasteiger partial charge >= 0.3 is 5.97 Å². The molecule has 0 bridgehead atoms. The van der Waals surface area contributed by atoms with Crippen molar-refractivity contribution < 1.29 is 14.7 Å². The molecule has 1 amide bonds. The number of aliphatic carboxylic acids is 1. The summed E-state index contributed by atoms with van der Waals surface area (Å²) in [6.45, 7) is 5.25. The molecule has 0 radical (unpaired) electrons. The fourth-order valence-electron chi connectivity index (χ4n) is 2.98. The summed E-state index contributed by atoms with van der Waals surface area (Å²) in [7, 11) is 0. The summed E-state index contributed by atoms with van der Waals surface area (Å²) < 4.78 is 0. The van der Waals surface area contributed by atoms with Crippen LogP contribution in [0.4, 0.5) is 5.69 Å². The van der Waals surface area contributed by atoms with Crippen LogP contribution >= 0.6 is 0 Å². The van der Waals surface area contributed by atoms with Crippen LogP contribution in [0.15, 0.2) is 6.07 Å². The van der Waals surface area contributed by atoms with E-state index in [0.29, 0.717) is 23.6 Å². The van der Waals surface area contributed by atoms with Crippen molar-refractivity contribution in [2.45, 2.75) is 33.1 Å². The molecule has 3 N–H and O–H groups in total. The van der Waals surface area contributed by atoms with Gasteiger partial charge in [-0.3, -0.25) is 14.6 Å². The molecule has 1 atom stereocenters. The van der Waals surface area contributed by atoms with Crippen molar-refractivity contribution in [1.82, 2.24) is 4.98 Å². The summed E-state index contributed by atoms with van der Waals surface area (Å²) in [4.78, 5) is 28.8. The molecule has 0 aliphatic carbocycles. The number of nitrogens with zero attached hydrogens (tertiary/aromatic N) is 2. The number of carboxylic acids is 1. The number of rotatable bonds is 5. The zero-order valence-corrected chi connectivity index (χ0v) is 12.4. The zero-order chi connectivity index (χ0) is 15.6. The largest absolute Gasteiger partial charge is 0.481 e. The first-order chi connectivity index (χ1) is 9.88. The molecule has 1 aliphatic rings. The SMILES string of the molecule is Cc1cc(N2CCC(CCC(=O)O)C2)c(C(N)=O)c(C)n1. The summed E-state index contributed by atoms with van der Waals surface area (Å²) in [5.74, 6) is -0.888.